The van der Waals surface area contributed by atoms with Crippen LogP contribution in [0.2, 0.25) is 0 Å². The Kier molecular flexibility index (Phi) is 6.07. The SMILES string of the molecule is Cc1cnccc1NCCNC(=O)[C@H]1CCCN(C2CCCC2)C1. The minimum absolute atomic E-state index is 0.169. The van der Waals surface area contributed by atoms with Crippen molar-refractivity contribution in [3.63, 3.8) is 0 Å². The highest BCUT2D eigenvalue weighted by Crippen LogP contribution is 2.27. The fraction of sp³-hybridized carbons (Fsp3) is 0.684. The van der Waals surface area contributed by atoms with Crippen molar-refractivity contribution in [2.24, 2.45) is 5.92 Å². The number of likely N-dealkylation sites (tertiary alicyclic amines) is 1. The van der Waals surface area contributed by atoms with Gasteiger partial charge < -0.3 is 10.6 Å². The maximum atomic E-state index is 12.5. The van der Waals surface area contributed by atoms with Gasteiger partial charge in [0.05, 0.1) is 5.92 Å². The summed E-state index contributed by atoms with van der Waals surface area (Å²) in [6.45, 7) is 5.58. The molecule has 1 aliphatic heterocycles. The predicted octanol–water partition coefficient (Wildman–Crippen LogP) is 2.57. The van der Waals surface area contributed by atoms with Crippen LogP contribution in [0.15, 0.2) is 18.5 Å². The summed E-state index contributed by atoms with van der Waals surface area (Å²) < 4.78 is 0. The van der Waals surface area contributed by atoms with Gasteiger partial charge in [-0.3, -0.25) is 14.7 Å². The summed E-state index contributed by atoms with van der Waals surface area (Å²) in [6, 6.07) is 2.70. The number of nitrogens with zero attached hydrogens (tertiary/aromatic N) is 2. The quantitative estimate of drug-likeness (QED) is 0.787. The third kappa shape index (κ3) is 4.47. The Morgan fingerprint density at radius 3 is 2.88 bits per heavy atom. The van der Waals surface area contributed by atoms with Gasteiger partial charge in [-0.1, -0.05) is 12.8 Å². The number of aromatic nitrogens is 1. The lowest BCUT2D eigenvalue weighted by atomic mass is 9.95. The topological polar surface area (TPSA) is 57.3 Å². The summed E-state index contributed by atoms with van der Waals surface area (Å²) in [5, 5.41) is 6.47. The summed E-state index contributed by atoms with van der Waals surface area (Å²) in [4.78, 5) is 19.1. The van der Waals surface area contributed by atoms with Gasteiger partial charge in [0.1, 0.15) is 0 Å². The number of amides is 1. The molecule has 1 saturated carbocycles. The second kappa shape index (κ2) is 8.47. The van der Waals surface area contributed by atoms with E-state index in [0.29, 0.717) is 6.54 Å². The number of carbonyl (C=O) groups excluding carboxylic acids is 1. The predicted molar refractivity (Wildman–Crippen MR) is 97.0 cm³/mol. The van der Waals surface area contributed by atoms with E-state index in [-0.39, 0.29) is 11.8 Å². The zero-order valence-corrected chi connectivity index (χ0v) is 14.8. The maximum absolute atomic E-state index is 12.5. The first kappa shape index (κ1) is 17.2. The Hall–Kier alpha value is -1.62. The highest BCUT2D eigenvalue weighted by molar-refractivity contribution is 5.79. The fourth-order valence-electron chi connectivity index (χ4n) is 4.02. The molecular formula is C19H30N4O. The van der Waals surface area contributed by atoms with Gasteiger partial charge in [-0.2, -0.15) is 0 Å². The van der Waals surface area contributed by atoms with Crippen molar-refractivity contribution in [3.8, 4) is 0 Å². The van der Waals surface area contributed by atoms with Crippen molar-refractivity contribution in [3.05, 3.63) is 24.0 Å². The van der Waals surface area contributed by atoms with Crippen LogP contribution in [0.4, 0.5) is 5.69 Å². The monoisotopic (exact) mass is 330 g/mol. The molecule has 1 saturated heterocycles. The Labute approximate surface area is 145 Å². The maximum Gasteiger partial charge on any atom is 0.224 e. The Bertz CT molecular complexity index is 542. The van der Waals surface area contributed by atoms with Crippen LogP contribution in [0.5, 0.6) is 0 Å². The molecule has 2 fully saturated rings. The van der Waals surface area contributed by atoms with E-state index in [1.165, 1.54) is 32.2 Å². The molecule has 132 valence electrons. The van der Waals surface area contributed by atoms with E-state index < -0.39 is 0 Å². The van der Waals surface area contributed by atoms with Crippen LogP contribution in [0.1, 0.15) is 44.1 Å². The number of carbonyl (C=O) groups is 1. The minimum Gasteiger partial charge on any atom is -0.383 e. The van der Waals surface area contributed by atoms with Gasteiger partial charge in [0.25, 0.3) is 0 Å². The first-order chi connectivity index (χ1) is 11.7. The first-order valence-corrected chi connectivity index (χ1v) is 9.40. The summed E-state index contributed by atoms with van der Waals surface area (Å²) in [5.74, 6) is 0.396. The molecule has 5 nitrogen and oxygen atoms in total. The lowest BCUT2D eigenvalue weighted by Crippen LogP contribution is -2.47. The van der Waals surface area contributed by atoms with Crippen LogP contribution in [0.3, 0.4) is 0 Å². The van der Waals surface area contributed by atoms with Crippen molar-refractivity contribution in [2.75, 3.05) is 31.5 Å². The molecule has 24 heavy (non-hydrogen) atoms. The molecule has 0 aromatic carbocycles. The van der Waals surface area contributed by atoms with Gasteiger partial charge in [0.2, 0.25) is 5.91 Å². The average Bonchev–Trinajstić information content (AvgIpc) is 3.15. The van der Waals surface area contributed by atoms with Gasteiger partial charge in [-0.25, -0.2) is 0 Å². The fourth-order valence-corrected chi connectivity index (χ4v) is 4.02. The number of pyridine rings is 1. The minimum atomic E-state index is 0.169. The van der Waals surface area contributed by atoms with E-state index in [1.807, 2.05) is 19.2 Å². The molecule has 1 aliphatic carbocycles. The molecule has 0 unspecified atom stereocenters. The van der Waals surface area contributed by atoms with Crippen molar-refractivity contribution < 1.29 is 4.79 Å². The Balaban J connectivity index is 1.39. The molecule has 2 heterocycles. The molecular weight excluding hydrogens is 300 g/mol. The van der Waals surface area contributed by atoms with Gasteiger partial charge >= 0.3 is 0 Å². The van der Waals surface area contributed by atoms with Crippen molar-refractivity contribution >= 4 is 11.6 Å². The third-order valence-corrected chi connectivity index (χ3v) is 5.42. The number of hydrogen-bond donors (Lipinski definition) is 2. The molecule has 0 bridgehead atoms. The van der Waals surface area contributed by atoms with Crippen molar-refractivity contribution in [2.45, 2.75) is 51.5 Å². The molecule has 1 aromatic heterocycles. The molecule has 2 aliphatic rings. The molecule has 1 aromatic rings. The third-order valence-electron chi connectivity index (χ3n) is 5.42. The highest BCUT2D eigenvalue weighted by atomic mass is 16.1. The smallest absolute Gasteiger partial charge is 0.224 e. The summed E-state index contributed by atoms with van der Waals surface area (Å²) in [5.41, 5.74) is 2.22. The van der Waals surface area contributed by atoms with Crippen LogP contribution >= 0.6 is 0 Å². The van der Waals surface area contributed by atoms with E-state index in [4.69, 9.17) is 0 Å². The molecule has 0 spiro atoms. The van der Waals surface area contributed by atoms with Crippen LogP contribution < -0.4 is 10.6 Å². The molecule has 5 heteroatoms. The van der Waals surface area contributed by atoms with Crippen LogP contribution in [-0.2, 0) is 4.79 Å². The van der Waals surface area contributed by atoms with E-state index in [9.17, 15) is 4.79 Å². The zero-order valence-electron chi connectivity index (χ0n) is 14.8. The van der Waals surface area contributed by atoms with Gasteiger partial charge in [-0.05, 0) is 50.8 Å². The molecule has 0 radical (unpaired) electrons. The van der Waals surface area contributed by atoms with Crippen molar-refractivity contribution in [1.29, 1.82) is 0 Å². The molecule has 1 atom stereocenters. The van der Waals surface area contributed by atoms with E-state index in [0.717, 1.165) is 43.2 Å². The number of rotatable bonds is 6. The van der Waals surface area contributed by atoms with Crippen LogP contribution in [0, 0.1) is 12.8 Å². The molecule has 3 rings (SSSR count). The second-order valence-corrected chi connectivity index (χ2v) is 7.18. The van der Waals surface area contributed by atoms with Crippen molar-refractivity contribution in [1.82, 2.24) is 15.2 Å². The first-order valence-electron chi connectivity index (χ1n) is 9.40. The summed E-state index contributed by atoms with van der Waals surface area (Å²) in [6.07, 6.45) is 11.2. The lowest BCUT2D eigenvalue weighted by molar-refractivity contribution is -0.126. The average molecular weight is 330 g/mol. The zero-order chi connectivity index (χ0) is 16.8. The van der Waals surface area contributed by atoms with E-state index in [2.05, 4.69) is 20.5 Å². The Morgan fingerprint density at radius 1 is 1.25 bits per heavy atom. The van der Waals surface area contributed by atoms with E-state index in [1.54, 1.807) is 6.20 Å². The highest BCUT2D eigenvalue weighted by Gasteiger charge is 2.30. The number of anilines is 1. The summed E-state index contributed by atoms with van der Waals surface area (Å²) in [7, 11) is 0. The largest absolute Gasteiger partial charge is 0.383 e. The van der Waals surface area contributed by atoms with Crippen LogP contribution in [0.25, 0.3) is 0 Å². The van der Waals surface area contributed by atoms with Gasteiger partial charge in [0.15, 0.2) is 0 Å². The lowest BCUT2D eigenvalue weighted by Gasteiger charge is -2.36. The number of nitrogens with one attached hydrogen (secondary N) is 2. The Morgan fingerprint density at radius 2 is 2.08 bits per heavy atom. The van der Waals surface area contributed by atoms with E-state index >= 15 is 0 Å². The van der Waals surface area contributed by atoms with Gasteiger partial charge in [0, 0.05) is 43.8 Å². The number of hydrogen-bond acceptors (Lipinski definition) is 4. The normalized spacial score (nSPS) is 22.5. The van der Waals surface area contributed by atoms with Crippen LogP contribution in [-0.4, -0.2) is 48.0 Å². The molecule has 2 N–H and O–H groups in total. The standard InChI is InChI=1S/C19H30N4O/c1-15-13-20-9-8-18(15)21-10-11-22-19(24)16-5-4-12-23(14-16)17-6-2-3-7-17/h8-9,13,16-17H,2-7,10-12,14H2,1H3,(H,20,21)(H,22,24)/t16-/m0/s1. The summed E-state index contributed by atoms with van der Waals surface area (Å²) >= 11 is 0. The molecule has 1 amide bonds. The number of piperidine rings is 1. The number of aryl methyl sites for hydroxylation is 1. The van der Waals surface area contributed by atoms with Gasteiger partial charge in [-0.15, -0.1) is 0 Å². The second-order valence-electron chi connectivity index (χ2n) is 7.18.